The highest BCUT2D eigenvalue weighted by Gasteiger charge is 2.22. The largest absolute Gasteiger partial charge is 0.409 e. The predicted octanol–water partition coefficient (Wildman–Crippen LogP) is 2.96. The predicted molar refractivity (Wildman–Crippen MR) is 78.0 cm³/mol. The zero-order chi connectivity index (χ0) is 14.0. The number of amidine groups is 1. The number of nitrogens with one attached hydrogen (secondary N) is 1. The van der Waals surface area contributed by atoms with Crippen molar-refractivity contribution in [2.45, 2.75) is 59.8 Å². The third-order valence-corrected chi connectivity index (χ3v) is 3.79. The van der Waals surface area contributed by atoms with Gasteiger partial charge in [-0.3, -0.25) is 0 Å². The van der Waals surface area contributed by atoms with Crippen LogP contribution in [0.15, 0.2) is 5.16 Å². The Morgan fingerprint density at radius 3 is 2.39 bits per heavy atom. The minimum Gasteiger partial charge on any atom is -0.409 e. The second kappa shape index (κ2) is 9.20. The molecular weight excluding hydrogens is 226 g/mol. The van der Waals surface area contributed by atoms with Crippen LogP contribution in [0.5, 0.6) is 0 Å². The molecule has 0 unspecified atom stereocenters. The fourth-order valence-corrected chi connectivity index (χ4v) is 1.96. The normalized spacial score (nSPS) is 13.3. The SMILES string of the molecule is CCC(CC)CNCCCCC(C)(C)C(N)=NO. The molecule has 0 aromatic carbocycles. The maximum Gasteiger partial charge on any atom is 0.144 e. The molecule has 0 aromatic rings. The number of unbranched alkanes of at least 4 members (excludes halogenated alkanes) is 1. The molecule has 18 heavy (non-hydrogen) atoms. The van der Waals surface area contributed by atoms with Gasteiger partial charge in [0.25, 0.3) is 0 Å². The second-order valence-corrected chi connectivity index (χ2v) is 5.71. The van der Waals surface area contributed by atoms with E-state index in [1.807, 2.05) is 13.8 Å². The van der Waals surface area contributed by atoms with Crippen molar-refractivity contribution in [1.82, 2.24) is 5.32 Å². The summed E-state index contributed by atoms with van der Waals surface area (Å²) in [5.74, 6) is 1.13. The Labute approximate surface area is 112 Å². The Morgan fingerprint density at radius 1 is 1.28 bits per heavy atom. The first-order chi connectivity index (χ1) is 8.47. The van der Waals surface area contributed by atoms with E-state index in [2.05, 4.69) is 24.3 Å². The van der Waals surface area contributed by atoms with Crippen LogP contribution < -0.4 is 11.1 Å². The van der Waals surface area contributed by atoms with Gasteiger partial charge in [0.2, 0.25) is 0 Å². The highest BCUT2D eigenvalue weighted by atomic mass is 16.4. The molecule has 0 aliphatic carbocycles. The summed E-state index contributed by atoms with van der Waals surface area (Å²) in [7, 11) is 0. The average Bonchev–Trinajstić information content (AvgIpc) is 2.37. The van der Waals surface area contributed by atoms with Gasteiger partial charge in [-0.05, 0) is 31.8 Å². The summed E-state index contributed by atoms with van der Waals surface area (Å²) >= 11 is 0. The molecule has 0 heterocycles. The van der Waals surface area contributed by atoms with Crippen molar-refractivity contribution in [3.05, 3.63) is 0 Å². The van der Waals surface area contributed by atoms with E-state index < -0.39 is 0 Å². The van der Waals surface area contributed by atoms with Gasteiger partial charge in [-0.1, -0.05) is 52.1 Å². The van der Waals surface area contributed by atoms with Gasteiger partial charge in [-0.25, -0.2) is 0 Å². The minimum absolute atomic E-state index is 0.204. The second-order valence-electron chi connectivity index (χ2n) is 5.71. The lowest BCUT2D eigenvalue weighted by Crippen LogP contribution is -2.32. The van der Waals surface area contributed by atoms with Gasteiger partial charge in [0, 0.05) is 5.41 Å². The summed E-state index contributed by atoms with van der Waals surface area (Å²) in [4.78, 5) is 0. The fourth-order valence-electron chi connectivity index (χ4n) is 1.96. The molecule has 0 bridgehead atoms. The summed E-state index contributed by atoms with van der Waals surface area (Å²) in [6, 6.07) is 0. The molecule has 0 amide bonds. The van der Waals surface area contributed by atoms with Crippen molar-refractivity contribution >= 4 is 5.84 Å². The van der Waals surface area contributed by atoms with E-state index in [1.165, 1.54) is 12.8 Å². The summed E-state index contributed by atoms with van der Waals surface area (Å²) in [5.41, 5.74) is 5.45. The van der Waals surface area contributed by atoms with Crippen molar-refractivity contribution in [2.75, 3.05) is 13.1 Å². The lowest BCUT2D eigenvalue weighted by Gasteiger charge is -2.22. The highest BCUT2D eigenvalue weighted by molar-refractivity contribution is 5.85. The zero-order valence-corrected chi connectivity index (χ0v) is 12.5. The third kappa shape index (κ3) is 6.84. The number of nitrogens with two attached hydrogens (primary N) is 1. The minimum atomic E-state index is -0.204. The fraction of sp³-hybridized carbons (Fsp3) is 0.929. The number of oxime groups is 1. The van der Waals surface area contributed by atoms with E-state index in [1.54, 1.807) is 0 Å². The van der Waals surface area contributed by atoms with E-state index >= 15 is 0 Å². The van der Waals surface area contributed by atoms with Gasteiger partial charge in [0.1, 0.15) is 5.84 Å². The smallest absolute Gasteiger partial charge is 0.144 e. The number of rotatable bonds is 10. The van der Waals surface area contributed by atoms with Gasteiger partial charge >= 0.3 is 0 Å². The van der Waals surface area contributed by atoms with Crippen LogP contribution in [0.25, 0.3) is 0 Å². The molecule has 0 radical (unpaired) electrons. The first kappa shape index (κ1) is 17.2. The van der Waals surface area contributed by atoms with Crippen LogP contribution in [-0.4, -0.2) is 24.1 Å². The molecule has 0 aliphatic rings. The molecule has 0 aromatic heterocycles. The van der Waals surface area contributed by atoms with Crippen LogP contribution in [0.2, 0.25) is 0 Å². The van der Waals surface area contributed by atoms with E-state index in [0.29, 0.717) is 5.84 Å². The Bertz CT molecular complexity index is 235. The molecule has 0 saturated carbocycles. The Hall–Kier alpha value is -0.770. The quantitative estimate of drug-likeness (QED) is 0.185. The first-order valence-electron chi connectivity index (χ1n) is 7.16. The van der Waals surface area contributed by atoms with Crippen LogP contribution in [0, 0.1) is 11.3 Å². The summed E-state index contributed by atoms with van der Waals surface area (Å²) in [6.07, 6.45) is 5.69. The topological polar surface area (TPSA) is 70.6 Å². The van der Waals surface area contributed by atoms with Gasteiger partial charge in [0.15, 0.2) is 0 Å². The standard InChI is InChI=1S/C14H31N3O/c1-5-12(6-2)11-16-10-8-7-9-14(3,4)13(15)17-18/h12,16,18H,5-11H2,1-4H3,(H2,15,17). The van der Waals surface area contributed by atoms with Gasteiger partial charge < -0.3 is 16.3 Å². The molecule has 0 spiro atoms. The van der Waals surface area contributed by atoms with Crippen LogP contribution in [0.3, 0.4) is 0 Å². The number of nitrogens with zero attached hydrogens (tertiary/aromatic N) is 1. The van der Waals surface area contributed by atoms with Gasteiger partial charge in [-0.2, -0.15) is 0 Å². The molecule has 4 N–H and O–H groups in total. The van der Waals surface area contributed by atoms with Crippen LogP contribution in [0.4, 0.5) is 0 Å². The number of hydrogen-bond donors (Lipinski definition) is 3. The summed E-state index contributed by atoms with van der Waals surface area (Å²) in [5, 5.41) is 15.3. The Morgan fingerprint density at radius 2 is 1.89 bits per heavy atom. The molecule has 0 aliphatic heterocycles. The highest BCUT2D eigenvalue weighted by Crippen LogP contribution is 2.23. The Balaban J connectivity index is 3.63. The Kier molecular flexibility index (Phi) is 8.81. The molecule has 0 atom stereocenters. The zero-order valence-electron chi connectivity index (χ0n) is 12.5. The van der Waals surface area contributed by atoms with Crippen LogP contribution >= 0.6 is 0 Å². The molecular formula is C14H31N3O. The van der Waals surface area contributed by atoms with Crippen LogP contribution in [-0.2, 0) is 0 Å². The lowest BCUT2D eigenvalue weighted by atomic mass is 9.86. The van der Waals surface area contributed by atoms with Crippen molar-refractivity contribution in [2.24, 2.45) is 22.2 Å². The average molecular weight is 257 g/mol. The molecule has 4 nitrogen and oxygen atoms in total. The summed E-state index contributed by atoms with van der Waals surface area (Å²) < 4.78 is 0. The third-order valence-electron chi connectivity index (χ3n) is 3.79. The first-order valence-corrected chi connectivity index (χ1v) is 7.16. The van der Waals surface area contributed by atoms with Crippen LogP contribution in [0.1, 0.15) is 59.8 Å². The number of hydrogen-bond acceptors (Lipinski definition) is 3. The summed E-state index contributed by atoms with van der Waals surface area (Å²) in [6.45, 7) is 10.7. The molecule has 0 fully saturated rings. The van der Waals surface area contributed by atoms with E-state index in [9.17, 15) is 0 Å². The maximum atomic E-state index is 8.68. The lowest BCUT2D eigenvalue weighted by molar-refractivity contribution is 0.304. The van der Waals surface area contributed by atoms with E-state index in [4.69, 9.17) is 10.9 Å². The molecule has 4 heteroatoms. The van der Waals surface area contributed by atoms with Crippen molar-refractivity contribution in [1.29, 1.82) is 0 Å². The van der Waals surface area contributed by atoms with Crippen molar-refractivity contribution < 1.29 is 5.21 Å². The van der Waals surface area contributed by atoms with E-state index in [0.717, 1.165) is 38.3 Å². The molecule has 0 saturated heterocycles. The van der Waals surface area contributed by atoms with Crippen molar-refractivity contribution in [3.63, 3.8) is 0 Å². The van der Waals surface area contributed by atoms with Gasteiger partial charge in [0.05, 0.1) is 0 Å². The van der Waals surface area contributed by atoms with E-state index in [-0.39, 0.29) is 5.41 Å². The molecule has 0 rings (SSSR count). The van der Waals surface area contributed by atoms with Crippen molar-refractivity contribution in [3.8, 4) is 0 Å². The monoisotopic (exact) mass is 257 g/mol. The molecule has 108 valence electrons. The van der Waals surface area contributed by atoms with Gasteiger partial charge in [-0.15, -0.1) is 0 Å². The maximum absolute atomic E-state index is 8.68.